The van der Waals surface area contributed by atoms with E-state index in [4.69, 9.17) is 0 Å². The molecule has 0 atom stereocenters. The number of rotatable bonds is 7. The maximum atomic E-state index is 13.0. The lowest BCUT2D eigenvalue weighted by molar-refractivity contribution is -0.131. The van der Waals surface area contributed by atoms with Crippen molar-refractivity contribution in [2.45, 2.75) is 32.6 Å². The number of carbonyl (C=O) groups is 2. The van der Waals surface area contributed by atoms with Gasteiger partial charge >= 0.3 is 0 Å². The molecule has 1 aliphatic rings. The fraction of sp³-hybridized carbons (Fsp3) is 0.391. The van der Waals surface area contributed by atoms with Gasteiger partial charge in [0, 0.05) is 50.3 Å². The highest BCUT2D eigenvalue weighted by Crippen LogP contribution is 2.18. The summed E-state index contributed by atoms with van der Waals surface area (Å²) in [6, 6.07) is 14.1. The molecular formula is C23H27FN2O2. The molecule has 0 radical (unpaired) electrons. The number of hydrogen-bond acceptors (Lipinski definition) is 3. The zero-order valence-electron chi connectivity index (χ0n) is 16.4. The molecule has 2 aromatic rings. The third-order valence-corrected chi connectivity index (χ3v) is 5.20. The third-order valence-electron chi connectivity index (χ3n) is 5.20. The highest BCUT2D eigenvalue weighted by atomic mass is 19.1. The lowest BCUT2D eigenvalue weighted by Crippen LogP contribution is -2.48. The van der Waals surface area contributed by atoms with Crippen LogP contribution in [0, 0.1) is 5.82 Å². The number of halogens is 1. The van der Waals surface area contributed by atoms with Gasteiger partial charge in [-0.15, -0.1) is 0 Å². The number of piperazine rings is 1. The highest BCUT2D eigenvalue weighted by molar-refractivity contribution is 5.98. The van der Waals surface area contributed by atoms with Crippen LogP contribution >= 0.6 is 0 Å². The lowest BCUT2D eigenvalue weighted by atomic mass is 10.0. The smallest absolute Gasteiger partial charge is 0.223 e. The summed E-state index contributed by atoms with van der Waals surface area (Å²) in [5, 5.41) is 0. The summed E-state index contributed by atoms with van der Waals surface area (Å²) in [6.07, 6.45) is 2.57. The van der Waals surface area contributed by atoms with Gasteiger partial charge < -0.3 is 9.80 Å². The summed E-state index contributed by atoms with van der Waals surface area (Å²) < 4.78 is 13.0. The van der Waals surface area contributed by atoms with Crippen molar-refractivity contribution in [3.63, 3.8) is 0 Å². The molecule has 1 fully saturated rings. The standard InChI is InChI=1S/C23H27FN2O2/c1-2-3-18-4-6-19(7-5-18)22(27)12-13-23(28)26-16-14-25(15-17-26)21-10-8-20(24)9-11-21/h4-11H,2-3,12-17H2,1H3. The van der Waals surface area contributed by atoms with Gasteiger partial charge in [-0.2, -0.15) is 0 Å². The molecule has 1 heterocycles. The van der Waals surface area contributed by atoms with Crippen LogP contribution in [0.15, 0.2) is 48.5 Å². The second-order valence-corrected chi connectivity index (χ2v) is 7.21. The van der Waals surface area contributed by atoms with E-state index in [0.29, 0.717) is 31.7 Å². The molecule has 1 aliphatic heterocycles. The van der Waals surface area contributed by atoms with E-state index in [9.17, 15) is 14.0 Å². The first-order chi connectivity index (χ1) is 13.6. The van der Waals surface area contributed by atoms with Gasteiger partial charge in [0.05, 0.1) is 0 Å². The van der Waals surface area contributed by atoms with Crippen LogP contribution in [0.25, 0.3) is 0 Å². The maximum Gasteiger partial charge on any atom is 0.223 e. The van der Waals surface area contributed by atoms with Crippen LogP contribution in [-0.2, 0) is 11.2 Å². The van der Waals surface area contributed by atoms with Crippen molar-refractivity contribution < 1.29 is 14.0 Å². The molecule has 0 unspecified atom stereocenters. The Hall–Kier alpha value is -2.69. The van der Waals surface area contributed by atoms with Gasteiger partial charge in [0.1, 0.15) is 5.82 Å². The Labute approximate surface area is 166 Å². The molecule has 0 N–H and O–H groups in total. The van der Waals surface area contributed by atoms with E-state index in [2.05, 4.69) is 11.8 Å². The molecule has 0 spiro atoms. The number of ketones is 1. The topological polar surface area (TPSA) is 40.6 Å². The van der Waals surface area contributed by atoms with Crippen LogP contribution in [0.3, 0.4) is 0 Å². The largest absolute Gasteiger partial charge is 0.368 e. The second-order valence-electron chi connectivity index (χ2n) is 7.21. The average molecular weight is 382 g/mol. The molecule has 0 aliphatic carbocycles. The molecule has 2 aromatic carbocycles. The van der Waals surface area contributed by atoms with Crippen molar-refractivity contribution in [3.8, 4) is 0 Å². The Morgan fingerprint density at radius 2 is 1.54 bits per heavy atom. The molecule has 28 heavy (non-hydrogen) atoms. The minimum absolute atomic E-state index is 0.0151. The van der Waals surface area contributed by atoms with Crippen molar-refractivity contribution in [2.75, 3.05) is 31.1 Å². The van der Waals surface area contributed by atoms with Crippen LogP contribution in [0.2, 0.25) is 0 Å². The van der Waals surface area contributed by atoms with E-state index < -0.39 is 0 Å². The van der Waals surface area contributed by atoms with Gasteiger partial charge in [0.2, 0.25) is 5.91 Å². The van der Waals surface area contributed by atoms with E-state index in [-0.39, 0.29) is 30.3 Å². The maximum absolute atomic E-state index is 13.0. The third kappa shape index (κ3) is 5.18. The lowest BCUT2D eigenvalue weighted by Gasteiger charge is -2.36. The summed E-state index contributed by atoms with van der Waals surface area (Å²) >= 11 is 0. The van der Waals surface area contributed by atoms with Crippen molar-refractivity contribution in [2.24, 2.45) is 0 Å². The van der Waals surface area contributed by atoms with E-state index in [0.717, 1.165) is 18.5 Å². The fourth-order valence-corrected chi connectivity index (χ4v) is 3.53. The Bertz CT molecular complexity index is 794. The molecule has 1 saturated heterocycles. The molecule has 5 heteroatoms. The Morgan fingerprint density at radius 3 is 2.14 bits per heavy atom. The van der Waals surface area contributed by atoms with Gasteiger partial charge in [-0.1, -0.05) is 37.6 Å². The Kier molecular flexibility index (Phi) is 6.80. The fourth-order valence-electron chi connectivity index (χ4n) is 3.53. The van der Waals surface area contributed by atoms with Gasteiger partial charge in [-0.3, -0.25) is 9.59 Å². The van der Waals surface area contributed by atoms with E-state index in [1.807, 2.05) is 29.2 Å². The number of nitrogens with zero attached hydrogens (tertiary/aromatic N) is 2. The number of hydrogen-bond donors (Lipinski definition) is 0. The molecule has 1 amide bonds. The highest BCUT2D eigenvalue weighted by Gasteiger charge is 2.22. The van der Waals surface area contributed by atoms with Crippen LogP contribution < -0.4 is 4.90 Å². The molecule has 3 rings (SSSR count). The Morgan fingerprint density at radius 1 is 0.893 bits per heavy atom. The zero-order chi connectivity index (χ0) is 19.9. The Balaban J connectivity index is 1.45. The van der Waals surface area contributed by atoms with E-state index in [1.54, 1.807) is 12.1 Å². The predicted molar refractivity (Wildman–Crippen MR) is 109 cm³/mol. The van der Waals surface area contributed by atoms with Crippen molar-refractivity contribution in [3.05, 3.63) is 65.5 Å². The van der Waals surface area contributed by atoms with Crippen LogP contribution in [0.5, 0.6) is 0 Å². The molecule has 4 nitrogen and oxygen atoms in total. The zero-order valence-corrected chi connectivity index (χ0v) is 16.4. The van der Waals surface area contributed by atoms with Gasteiger partial charge in [0.25, 0.3) is 0 Å². The van der Waals surface area contributed by atoms with Crippen LogP contribution in [0.4, 0.5) is 10.1 Å². The number of Topliss-reactive ketones (excluding diaryl/α,β-unsaturated/α-hetero) is 1. The molecular weight excluding hydrogens is 355 g/mol. The van der Waals surface area contributed by atoms with Gasteiger partial charge in [-0.05, 0) is 36.2 Å². The number of benzene rings is 2. The van der Waals surface area contributed by atoms with Crippen molar-refractivity contribution >= 4 is 17.4 Å². The first-order valence-electron chi connectivity index (χ1n) is 9.97. The summed E-state index contributed by atoms with van der Waals surface area (Å²) in [6.45, 7) is 4.80. The summed E-state index contributed by atoms with van der Waals surface area (Å²) in [4.78, 5) is 28.8. The van der Waals surface area contributed by atoms with Crippen LogP contribution in [-0.4, -0.2) is 42.8 Å². The summed E-state index contributed by atoms with van der Waals surface area (Å²) in [7, 11) is 0. The minimum Gasteiger partial charge on any atom is -0.368 e. The molecule has 0 aromatic heterocycles. The quantitative estimate of drug-likeness (QED) is 0.677. The first kappa shape index (κ1) is 20.1. The molecule has 0 saturated carbocycles. The minimum atomic E-state index is -0.248. The number of anilines is 1. The number of amides is 1. The molecule has 0 bridgehead atoms. The number of aryl methyl sites for hydroxylation is 1. The summed E-state index contributed by atoms with van der Waals surface area (Å²) in [5.41, 5.74) is 2.87. The molecule has 148 valence electrons. The number of carbonyl (C=O) groups excluding carboxylic acids is 2. The first-order valence-corrected chi connectivity index (χ1v) is 9.97. The second kappa shape index (κ2) is 9.49. The van der Waals surface area contributed by atoms with Crippen molar-refractivity contribution in [1.82, 2.24) is 4.90 Å². The normalized spacial score (nSPS) is 14.2. The van der Waals surface area contributed by atoms with E-state index in [1.165, 1.54) is 17.7 Å². The van der Waals surface area contributed by atoms with E-state index >= 15 is 0 Å². The monoisotopic (exact) mass is 382 g/mol. The van der Waals surface area contributed by atoms with Crippen LogP contribution in [0.1, 0.15) is 42.1 Å². The predicted octanol–water partition coefficient (Wildman–Crippen LogP) is 4.09. The summed E-state index contributed by atoms with van der Waals surface area (Å²) in [5.74, 6) is -0.210. The van der Waals surface area contributed by atoms with Gasteiger partial charge in [-0.25, -0.2) is 4.39 Å². The van der Waals surface area contributed by atoms with Gasteiger partial charge in [0.15, 0.2) is 5.78 Å². The SMILES string of the molecule is CCCc1ccc(C(=O)CCC(=O)N2CCN(c3ccc(F)cc3)CC2)cc1. The average Bonchev–Trinajstić information content (AvgIpc) is 2.73. The van der Waals surface area contributed by atoms with Crippen molar-refractivity contribution in [1.29, 1.82) is 0 Å².